The van der Waals surface area contributed by atoms with Gasteiger partial charge in [-0.3, -0.25) is 0 Å². The largest absolute Gasteiger partial charge is 0.423 e. The Kier molecular flexibility index (Phi) is 4.95. The fraction of sp³-hybridized carbons (Fsp3) is 0.0455. The lowest BCUT2D eigenvalue weighted by Crippen LogP contribution is -2.10. The van der Waals surface area contributed by atoms with E-state index in [9.17, 15) is 4.79 Å². The van der Waals surface area contributed by atoms with Crippen LogP contribution in [0, 0.1) is 6.92 Å². The zero-order valence-corrected chi connectivity index (χ0v) is 14.1. The molecule has 0 spiro atoms. The van der Waals surface area contributed by atoms with E-state index in [0.29, 0.717) is 5.75 Å². The highest BCUT2D eigenvalue weighted by atomic mass is 16.5. The molecule has 0 aliphatic heterocycles. The van der Waals surface area contributed by atoms with E-state index in [4.69, 9.17) is 4.74 Å². The third kappa shape index (κ3) is 3.96. The lowest BCUT2D eigenvalue weighted by atomic mass is 10.1. The molecule has 0 amide bonds. The van der Waals surface area contributed by atoms with Crippen LogP contribution in [0.3, 0.4) is 0 Å². The number of hydrogen-bond donors (Lipinski definition) is 0. The van der Waals surface area contributed by atoms with Crippen molar-refractivity contribution in [1.82, 2.24) is 0 Å². The number of carbonyl (C=O) groups excluding carboxylic acids is 1. The summed E-state index contributed by atoms with van der Waals surface area (Å²) < 4.78 is 5.26. The third-order valence-corrected chi connectivity index (χ3v) is 3.77. The van der Waals surface area contributed by atoms with Gasteiger partial charge in [0.15, 0.2) is 0 Å². The Labute approximate surface area is 147 Å². The number of anilines is 3. The minimum Gasteiger partial charge on any atom is -0.423 e. The van der Waals surface area contributed by atoms with Gasteiger partial charge >= 0.3 is 5.97 Å². The lowest BCUT2D eigenvalue weighted by Gasteiger charge is -2.25. The molecule has 0 unspecified atom stereocenters. The van der Waals surface area contributed by atoms with Crippen LogP contribution in [-0.2, 0) is 4.79 Å². The maximum atomic E-state index is 11.5. The summed E-state index contributed by atoms with van der Waals surface area (Å²) in [5.41, 5.74) is 4.16. The van der Waals surface area contributed by atoms with Gasteiger partial charge in [0.2, 0.25) is 0 Å². The summed E-state index contributed by atoms with van der Waals surface area (Å²) in [4.78, 5) is 13.6. The standard InChI is InChI=1S/C22H19NO2/c1-3-22(24)25-21-11-7-10-20(16-21)23(18-8-5-4-6-9-18)19-14-12-17(2)13-15-19/h3-16H,1H2,2H3. The Morgan fingerprint density at radius 2 is 1.52 bits per heavy atom. The Morgan fingerprint density at radius 3 is 2.20 bits per heavy atom. The van der Waals surface area contributed by atoms with E-state index in [0.717, 1.165) is 23.1 Å². The van der Waals surface area contributed by atoms with Crippen molar-refractivity contribution >= 4 is 23.0 Å². The summed E-state index contributed by atoms with van der Waals surface area (Å²) in [6.07, 6.45) is 1.15. The van der Waals surface area contributed by atoms with E-state index in [-0.39, 0.29) is 0 Å². The summed E-state index contributed by atoms with van der Waals surface area (Å²) in [6.45, 7) is 5.49. The summed E-state index contributed by atoms with van der Waals surface area (Å²) in [7, 11) is 0. The predicted octanol–water partition coefficient (Wildman–Crippen LogP) is 5.56. The first-order valence-corrected chi connectivity index (χ1v) is 8.03. The first-order chi connectivity index (χ1) is 12.2. The number of benzene rings is 3. The van der Waals surface area contributed by atoms with Crippen molar-refractivity contribution in [2.75, 3.05) is 4.90 Å². The van der Waals surface area contributed by atoms with Crippen LogP contribution in [0.5, 0.6) is 5.75 Å². The van der Waals surface area contributed by atoms with Gasteiger partial charge in [0, 0.05) is 29.2 Å². The topological polar surface area (TPSA) is 29.5 Å². The van der Waals surface area contributed by atoms with Crippen LogP contribution in [0.1, 0.15) is 5.56 Å². The molecule has 3 aromatic carbocycles. The highest BCUT2D eigenvalue weighted by Crippen LogP contribution is 2.35. The van der Waals surface area contributed by atoms with Gasteiger partial charge in [-0.15, -0.1) is 0 Å². The van der Waals surface area contributed by atoms with E-state index >= 15 is 0 Å². The van der Waals surface area contributed by atoms with Crippen molar-refractivity contribution in [3.05, 3.63) is 97.1 Å². The van der Waals surface area contributed by atoms with Crippen LogP contribution in [0.2, 0.25) is 0 Å². The molecule has 0 heterocycles. The second-order valence-electron chi connectivity index (χ2n) is 5.63. The van der Waals surface area contributed by atoms with Crippen LogP contribution in [0.25, 0.3) is 0 Å². The first-order valence-electron chi connectivity index (χ1n) is 8.03. The molecule has 0 saturated carbocycles. The van der Waals surface area contributed by atoms with Crippen molar-refractivity contribution in [1.29, 1.82) is 0 Å². The molecule has 3 aromatic rings. The van der Waals surface area contributed by atoms with Gasteiger partial charge in [-0.25, -0.2) is 4.79 Å². The molecule has 0 aromatic heterocycles. The van der Waals surface area contributed by atoms with Gasteiger partial charge in [0.25, 0.3) is 0 Å². The van der Waals surface area contributed by atoms with Gasteiger partial charge in [0.1, 0.15) is 5.75 Å². The molecule has 3 rings (SSSR count). The number of rotatable bonds is 5. The number of esters is 1. The lowest BCUT2D eigenvalue weighted by molar-refractivity contribution is -0.128. The van der Waals surface area contributed by atoms with Crippen molar-refractivity contribution < 1.29 is 9.53 Å². The predicted molar refractivity (Wildman–Crippen MR) is 102 cm³/mol. The maximum Gasteiger partial charge on any atom is 0.335 e. The van der Waals surface area contributed by atoms with Crippen LogP contribution in [-0.4, -0.2) is 5.97 Å². The second kappa shape index (κ2) is 7.49. The average molecular weight is 329 g/mol. The molecule has 0 radical (unpaired) electrons. The van der Waals surface area contributed by atoms with Gasteiger partial charge in [-0.1, -0.05) is 48.5 Å². The van der Waals surface area contributed by atoms with Gasteiger partial charge < -0.3 is 9.64 Å². The monoisotopic (exact) mass is 329 g/mol. The molecular formula is C22H19NO2. The Hall–Kier alpha value is -3.33. The van der Waals surface area contributed by atoms with Crippen molar-refractivity contribution in [2.24, 2.45) is 0 Å². The van der Waals surface area contributed by atoms with Crippen LogP contribution < -0.4 is 9.64 Å². The molecule has 0 aliphatic carbocycles. The number of aryl methyl sites for hydroxylation is 1. The Morgan fingerprint density at radius 1 is 0.880 bits per heavy atom. The van der Waals surface area contributed by atoms with Crippen molar-refractivity contribution in [3.8, 4) is 5.75 Å². The molecule has 0 fully saturated rings. The normalized spacial score (nSPS) is 10.1. The Bertz CT molecular complexity index is 870. The van der Waals surface area contributed by atoms with Crippen LogP contribution in [0.4, 0.5) is 17.1 Å². The molecule has 0 atom stereocenters. The fourth-order valence-corrected chi connectivity index (χ4v) is 2.56. The van der Waals surface area contributed by atoms with Crippen molar-refractivity contribution in [3.63, 3.8) is 0 Å². The van der Waals surface area contributed by atoms with Crippen molar-refractivity contribution in [2.45, 2.75) is 6.92 Å². The van der Waals surface area contributed by atoms with E-state index in [1.165, 1.54) is 5.56 Å². The molecule has 0 N–H and O–H groups in total. The van der Waals surface area contributed by atoms with E-state index in [1.807, 2.05) is 48.5 Å². The number of ether oxygens (including phenoxy) is 1. The van der Waals surface area contributed by atoms with E-state index < -0.39 is 5.97 Å². The minimum atomic E-state index is -0.473. The molecule has 0 aliphatic rings. The SMILES string of the molecule is C=CC(=O)Oc1cccc(N(c2ccccc2)c2ccc(C)cc2)c1. The number of carbonyl (C=O) groups is 1. The Balaban J connectivity index is 2.06. The quantitative estimate of drug-likeness (QED) is 0.349. The summed E-state index contributed by atoms with van der Waals surface area (Å²) in [5, 5.41) is 0. The molecule has 3 nitrogen and oxygen atoms in total. The van der Waals surface area contributed by atoms with Gasteiger partial charge in [-0.2, -0.15) is 0 Å². The van der Waals surface area contributed by atoms with E-state index in [1.54, 1.807) is 6.07 Å². The maximum absolute atomic E-state index is 11.5. The zero-order valence-electron chi connectivity index (χ0n) is 14.1. The minimum absolute atomic E-state index is 0.473. The highest BCUT2D eigenvalue weighted by molar-refractivity contribution is 5.84. The zero-order chi connectivity index (χ0) is 17.6. The smallest absolute Gasteiger partial charge is 0.335 e. The summed E-state index contributed by atoms with van der Waals surface area (Å²) in [6, 6.07) is 25.8. The molecule has 0 bridgehead atoms. The average Bonchev–Trinajstić information content (AvgIpc) is 2.65. The molecular weight excluding hydrogens is 310 g/mol. The van der Waals surface area contributed by atoms with Gasteiger partial charge in [-0.05, 0) is 43.3 Å². The summed E-state index contributed by atoms with van der Waals surface area (Å²) in [5.74, 6) is 0.00851. The first kappa shape index (κ1) is 16.5. The van der Waals surface area contributed by atoms with Crippen LogP contribution in [0.15, 0.2) is 91.5 Å². The van der Waals surface area contributed by atoms with Gasteiger partial charge in [0.05, 0.1) is 0 Å². The highest BCUT2D eigenvalue weighted by Gasteiger charge is 2.13. The third-order valence-electron chi connectivity index (χ3n) is 3.77. The number of hydrogen-bond acceptors (Lipinski definition) is 3. The second-order valence-corrected chi connectivity index (χ2v) is 5.63. The number of para-hydroxylation sites is 1. The molecule has 3 heteroatoms. The molecule has 25 heavy (non-hydrogen) atoms. The number of nitrogens with zero attached hydrogens (tertiary/aromatic N) is 1. The van der Waals surface area contributed by atoms with Crippen LogP contribution >= 0.6 is 0 Å². The molecule has 0 saturated heterocycles. The summed E-state index contributed by atoms with van der Waals surface area (Å²) >= 11 is 0. The van der Waals surface area contributed by atoms with E-state index in [2.05, 4.69) is 42.7 Å². The fourth-order valence-electron chi connectivity index (χ4n) is 2.56. The molecule has 124 valence electrons.